The first-order chi connectivity index (χ1) is 18.0. The number of aromatic nitrogens is 2. The number of nitrogens with zero attached hydrogens (tertiary/aromatic N) is 4. The van der Waals surface area contributed by atoms with E-state index < -0.39 is 17.5 Å². The molecule has 3 aromatic carbocycles. The zero-order valence-electron chi connectivity index (χ0n) is 21.2. The van der Waals surface area contributed by atoms with Gasteiger partial charge in [-0.3, -0.25) is 9.69 Å². The number of rotatable bonds is 8. The van der Waals surface area contributed by atoms with Crippen LogP contribution in [-0.2, 0) is 19.6 Å². The second-order valence-corrected chi connectivity index (χ2v) is 9.63. The predicted octanol–water partition coefficient (Wildman–Crippen LogP) is 6.01. The van der Waals surface area contributed by atoms with Crippen LogP contribution in [0.1, 0.15) is 53.5 Å². The van der Waals surface area contributed by atoms with Gasteiger partial charge in [-0.25, -0.2) is 13.8 Å². The third-order valence-electron chi connectivity index (χ3n) is 7.21. The second kappa shape index (κ2) is 11.2. The molecule has 0 unspecified atom stereocenters. The lowest BCUT2D eigenvalue weighted by Crippen LogP contribution is -2.32. The van der Waals surface area contributed by atoms with Crippen molar-refractivity contribution < 1.29 is 13.6 Å². The van der Waals surface area contributed by atoms with Gasteiger partial charge in [0, 0.05) is 19.6 Å². The van der Waals surface area contributed by atoms with Gasteiger partial charge in [-0.15, -0.1) is 0 Å². The molecule has 37 heavy (non-hydrogen) atoms. The molecule has 5 nitrogen and oxygen atoms in total. The van der Waals surface area contributed by atoms with Crippen LogP contribution in [-0.4, -0.2) is 44.9 Å². The number of halogens is 2. The Kier molecular flexibility index (Phi) is 7.60. The Bertz CT molecular complexity index is 1390. The SMILES string of the molecule is CCN(Cc1nc2ccccc2n1Cc1ccccc1CN1CCCCC1)C(=O)c1cccc(F)c1F. The lowest BCUT2D eigenvalue weighted by molar-refractivity contribution is 0.0741. The van der Waals surface area contributed by atoms with Crippen LogP contribution in [0.3, 0.4) is 0 Å². The highest BCUT2D eigenvalue weighted by Gasteiger charge is 2.23. The summed E-state index contributed by atoms with van der Waals surface area (Å²) in [6.45, 7) is 6.12. The van der Waals surface area contributed by atoms with Gasteiger partial charge >= 0.3 is 0 Å². The fraction of sp³-hybridized carbons (Fsp3) is 0.333. The van der Waals surface area contributed by atoms with E-state index in [-0.39, 0.29) is 12.1 Å². The monoisotopic (exact) mass is 502 g/mol. The Morgan fingerprint density at radius 3 is 2.35 bits per heavy atom. The standard InChI is InChI=1S/C30H32F2N4O/c1-2-35(30(37)24-13-10-14-25(31)29(24)32)21-28-33-26-15-6-7-16-27(26)36(28)20-23-12-5-4-11-22(23)19-34-17-8-3-9-18-34/h4-7,10-16H,2-3,8-9,17-21H2,1H3. The highest BCUT2D eigenvalue weighted by molar-refractivity contribution is 5.94. The number of para-hydroxylation sites is 2. The molecule has 0 saturated carbocycles. The summed E-state index contributed by atoms with van der Waals surface area (Å²) < 4.78 is 30.4. The van der Waals surface area contributed by atoms with Gasteiger partial charge in [0.25, 0.3) is 5.91 Å². The van der Waals surface area contributed by atoms with Gasteiger partial charge in [0.15, 0.2) is 11.6 Å². The summed E-state index contributed by atoms with van der Waals surface area (Å²) in [5.41, 5.74) is 4.05. The highest BCUT2D eigenvalue weighted by Crippen LogP contribution is 2.23. The molecule has 0 spiro atoms. The van der Waals surface area contributed by atoms with E-state index in [1.54, 1.807) is 0 Å². The van der Waals surface area contributed by atoms with Crippen LogP contribution in [0, 0.1) is 11.6 Å². The summed E-state index contributed by atoms with van der Waals surface area (Å²) in [6.07, 6.45) is 3.78. The molecule has 192 valence electrons. The second-order valence-electron chi connectivity index (χ2n) is 9.63. The van der Waals surface area contributed by atoms with E-state index in [2.05, 4.69) is 33.7 Å². The number of carbonyl (C=O) groups is 1. The summed E-state index contributed by atoms with van der Waals surface area (Å²) in [4.78, 5) is 22.1. The minimum Gasteiger partial charge on any atom is -0.331 e. The molecular formula is C30H32F2N4O. The quantitative estimate of drug-likeness (QED) is 0.296. The summed E-state index contributed by atoms with van der Waals surface area (Å²) in [7, 11) is 0. The van der Waals surface area contributed by atoms with E-state index in [0.29, 0.717) is 18.9 Å². The smallest absolute Gasteiger partial charge is 0.257 e. The first-order valence-electron chi connectivity index (χ1n) is 13.0. The third kappa shape index (κ3) is 5.42. The van der Waals surface area contributed by atoms with E-state index in [0.717, 1.165) is 36.7 Å². The largest absolute Gasteiger partial charge is 0.331 e. The molecule has 1 saturated heterocycles. The molecule has 0 radical (unpaired) electrons. The van der Waals surface area contributed by atoms with Crippen LogP contribution < -0.4 is 0 Å². The third-order valence-corrected chi connectivity index (χ3v) is 7.21. The molecule has 0 atom stereocenters. The maximum atomic E-state index is 14.4. The van der Waals surface area contributed by atoms with Crippen molar-refractivity contribution in [3.05, 3.63) is 101 Å². The number of hydrogen-bond acceptors (Lipinski definition) is 3. The molecule has 5 rings (SSSR count). The molecule has 1 amide bonds. The number of likely N-dealkylation sites (tertiary alicyclic amines) is 1. The van der Waals surface area contributed by atoms with E-state index in [4.69, 9.17) is 4.98 Å². The number of amides is 1. The van der Waals surface area contributed by atoms with Crippen molar-refractivity contribution in [2.24, 2.45) is 0 Å². The lowest BCUT2D eigenvalue weighted by Gasteiger charge is -2.27. The van der Waals surface area contributed by atoms with Crippen molar-refractivity contribution in [1.29, 1.82) is 0 Å². The Labute approximate surface area is 216 Å². The average Bonchev–Trinajstić information content (AvgIpc) is 3.27. The topological polar surface area (TPSA) is 41.4 Å². The van der Waals surface area contributed by atoms with Crippen LogP contribution in [0.4, 0.5) is 8.78 Å². The number of imidazole rings is 1. The minimum absolute atomic E-state index is 0.189. The van der Waals surface area contributed by atoms with Crippen molar-refractivity contribution in [3.8, 4) is 0 Å². The first kappa shape index (κ1) is 25.1. The van der Waals surface area contributed by atoms with Gasteiger partial charge in [0.1, 0.15) is 5.82 Å². The van der Waals surface area contributed by atoms with Crippen molar-refractivity contribution in [2.45, 2.75) is 45.8 Å². The molecule has 0 aliphatic carbocycles. The van der Waals surface area contributed by atoms with Gasteiger partial charge in [0.2, 0.25) is 0 Å². The van der Waals surface area contributed by atoms with Crippen LogP contribution in [0.2, 0.25) is 0 Å². The van der Waals surface area contributed by atoms with E-state index in [1.165, 1.54) is 47.4 Å². The zero-order chi connectivity index (χ0) is 25.8. The minimum atomic E-state index is -1.12. The summed E-state index contributed by atoms with van der Waals surface area (Å²) in [5.74, 6) is -1.99. The van der Waals surface area contributed by atoms with E-state index in [9.17, 15) is 13.6 Å². The number of benzene rings is 3. The summed E-state index contributed by atoms with van der Waals surface area (Å²) >= 11 is 0. The molecule has 1 aromatic heterocycles. The fourth-order valence-electron chi connectivity index (χ4n) is 5.15. The van der Waals surface area contributed by atoms with E-state index >= 15 is 0 Å². The van der Waals surface area contributed by atoms with Gasteiger partial charge < -0.3 is 9.47 Å². The first-order valence-corrected chi connectivity index (χ1v) is 13.0. The van der Waals surface area contributed by atoms with E-state index in [1.807, 2.05) is 31.2 Å². The normalized spacial score (nSPS) is 14.2. The number of carbonyl (C=O) groups excluding carboxylic acids is 1. The van der Waals surface area contributed by atoms with Crippen LogP contribution in [0.15, 0.2) is 66.7 Å². The highest BCUT2D eigenvalue weighted by atomic mass is 19.2. The lowest BCUT2D eigenvalue weighted by atomic mass is 10.0. The molecule has 1 fully saturated rings. The molecule has 0 bridgehead atoms. The molecule has 1 aliphatic rings. The molecule has 7 heteroatoms. The number of fused-ring (bicyclic) bond motifs is 1. The van der Waals surface area contributed by atoms with Gasteiger partial charge in [-0.05, 0) is 68.2 Å². The Morgan fingerprint density at radius 2 is 1.59 bits per heavy atom. The number of hydrogen-bond donors (Lipinski definition) is 0. The summed E-state index contributed by atoms with van der Waals surface area (Å²) in [5, 5.41) is 0. The van der Waals surface area contributed by atoms with Crippen molar-refractivity contribution in [1.82, 2.24) is 19.4 Å². The molecule has 4 aromatic rings. The molecule has 0 N–H and O–H groups in total. The Hall–Kier alpha value is -3.58. The van der Waals surface area contributed by atoms with Crippen molar-refractivity contribution in [2.75, 3.05) is 19.6 Å². The fourth-order valence-corrected chi connectivity index (χ4v) is 5.15. The molecule has 2 heterocycles. The molecular weight excluding hydrogens is 470 g/mol. The average molecular weight is 503 g/mol. The Morgan fingerprint density at radius 1 is 0.892 bits per heavy atom. The van der Waals surface area contributed by atoms with Crippen molar-refractivity contribution >= 4 is 16.9 Å². The number of piperidine rings is 1. The van der Waals surface area contributed by atoms with Gasteiger partial charge in [-0.2, -0.15) is 0 Å². The van der Waals surface area contributed by atoms with Crippen LogP contribution >= 0.6 is 0 Å². The van der Waals surface area contributed by atoms with Crippen LogP contribution in [0.5, 0.6) is 0 Å². The van der Waals surface area contributed by atoms with Gasteiger partial charge in [-0.1, -0.05) is 48.9 Å². The maximum absolute atomic E-state index is 14.4. The summed E-state index contributed by atoms with van der Waals surface area (Å²) in [6, 6.07) is 20.1. The van der Waals surface area contributed by atoms with Crippen LogP contribution in [0.25, 0.3) is 11.0 Å². The van der Waals surface area contributed by atoms with Crippen molar-refractivity contribution in [3.63, 3.8) is 0 Å². The zero-order valence-corrected chi connectivity index (χ0v) is 21.2. The maximum Gasteiger partial charge on any atom is 0.257 e. The predicted molar refractivity (Wildman–Crippen MR) is 141 cm³/mol. The molecule has 1 aliphatic heterocycles. The van der Waals surface area contributed by atoms with Gasteiger partial charge in [0.05, 0.1) is 23.1 Å². The Balaban J connectivity index is 1.47.